The van der Waals surface area contributed by atoms with Crippen molar-refractivity contribution in [1.29, 1.82) is 0 Å². The lowest BCUT2D eigenvalue weighted by Gasteiger charge is -2.32. The summed E-state index contributed by atoms with van der Waals surface area (Å²) >= 11 is 0. The van der Waals surface area contributed by atoms with E-state index < -0.39 is 24.4 Å². The summed E-state index contributed by atoms with van der Waals surface area (Å²) in [5.74, 6) is 0.765. The Balaban J connectivity index is 1.28. The van der Waals surface area contributed by atoms with Crippen LogP contribution in [-0.4, -0.2) is 33.2 Å². The molecule has 2 heterocycles. The maximum atomic E-state index is 10.9. The molecule has 1 atom stereocenters. The predicted octanol–water partition coefficient (Wildman–Crippen LogP) is 4.65. The summed E-state index contributed by atoms with van der Waals surface area (Å²) in [6, 6.07) is 23.5. The molecule has 1 aromatic heterocycles. The number of hydrogen-bond acceptors (Lipinski definition) is 5. The van der Waals surface area contributed by atoms with Crippen molar-refractivity contribution in [1.82, 2.24) is 9.78 Å². The van der Waals surface area contributed by atoms with E-state index in [1.165, 1.54) is 0 Å². The molecule has 5 rings (SSSR count). The van der Waals surface area contributed by atoms with Crippen LogP contribution in [-0.2, 0) is 22.5 Å². The molecule has 1 aliphatic heterocycles. The van der Waals surface area contributed by atoms with Gasteiger partial charge >= 0.3 is 7.12 Å². The molecular weight excluding hydrogens is 439 g/mol. The van der Waals surface area contributed by atoms with E-state index in [-0.39, 0.29) is 0 Å². The molecule has 0 saturated carbocycles. The summed E-state index contributed by atoms with van der Waals surface area (Å²) in [6.45, 7) is 9.03. The highest BCUT2D eigenvalue weighted by Crippen LogP contribution is 2.37. The second kappa shape index (κ2) is 9.15. The zero-order chi connectivity index (χ0) is 24.6. The SMILES string of the molecule is CC1(C)OB(c2cccc3nn(C[C@H](O)c4ccc(OCc5ccccc5)cc4)cc23)OC1(C)C. The lowest BCUT2D eigenvalue weighted by Crippen LogP contribution is -2.41. The molecule has 0 radical (unpaired) electrons. The molecule has 0 amide bonds. The van der Waals surface area contributed by atoms with Gasteiger partial charge in [0.2, 0.25) is 0 Å². The van der Waals surface area contributed by atoms with E-state index in [4.69, 9.17) is 14.0 Å². The van der Waals surface area contributed by atoms with Crippen molar-refractivity contribution < 1.29 is 19.2 Å². The van der Waals surface area contributed by atoms with Gasteiger partial charge in [-0.15, -0.1) is 0 Å². The number of rotatable bonds is 7. The first-order valence-corrected chi connectivity index (χ1v) is 12.0. The third kappa shape index (κ3) is 4.85. The smallest absolute Gasteiger partial charge is 0.489 e. The Morgan fingerprint density at radius 3 is 2.29 bits per heavy atom. The van der Waals surface area contributed by atoms with Crippen molar-refractivity contribution >= 4 is 23.5 Å². The maximum absolute atomic E-state index is 10.9. The van der Waals surface area contributed by atoms with Crippen LogP contribution in [0.15, 0.2) is 79.0 Å². The molecule has 0 bridgehead atoms. The molecule has 0 aliphatic carbocycles. The molecule has 1 N–H and O–H groups in total. The molecule has 35 heavy (non-hydrogen) atoms. The van der Waals surface area contributed by atoms with Gasteiger partial charge in [0.1, 0.15) is 12.4 Å². The lowest BCUT2D eigenvalue weighted by atomic mass is 9.77. The number of aromatic nitrogens is 2. The van der Waals surface area contributed by atoms with Crippen LogP contribution in [0.3, 0.4) is 0 Å². The lowest BCUT2D eigenvalue weighted by molar-refractivity contribution is 0.00578. The highest BCUT2D eigenvalue weighted by Gasteiger charge is 2.52. The molecular formula is C28H31BN2O4. The second-order valence-corrected chi connectivity index (χ2v) is 10.1. The van der Waals surface area contributed by atoms with Gasteiger partial charge in [-0.05, 0) is 62.5 Å². The normalized spacial score (nSPS) is 17.6. The molecule has 1 aliphatic rings. The summed E-state index contributed by atoms with van der Waals surface area (Å²) in [6.07, 6.45) is 1.25. The van der Waals surface area contributed by atoms with Crippen LogP contribution < -0.4 is 10.2 Å². The second-order valence-electron chi connectivity index (χ2n) is 10.1. The minimum absolute atomic E-state index is 0.335. The summed E-state index contributed by atoms with van der Waals surface area (Å²) in [5.41, 5.74) is 2.88. The van der Waals surface area contributed by atoms with Crippen LogP contribution in [0.25, 0.3) is 10.9 Å². The Morgan fingerprint density at radius 1 is 0.914 bits per heavy atom. The average molecular weight is 470 g/mol. The Labute approximate surface area is 206 Å². The van der Waals surface area contributed by atoms with Gasteiger partial charge in [0.05, 0.1) is 29.4 Å². The third-order valence-corrected chi connectivity index (χ3v) is 7.01. The zero-order valence-electron chi connectivity index (χ0n) is 20.6. The van der Waals surface area contributed by atoms with Crippen LogP contribution in [0.2, 0.25) is 0 Å². The quantitative estimate of drug-likeness (QED) is 0.399. The van der Waals surface area contributed by atoms with Crippen LogP contribution in [0, 0.1) is 0 Å². The van der Waals surface area contributed by atoms with Crippen molar-refractivity contribution in [2.45, 2.75) is 58.2 Å². The Hall–Kier alpha value is -3.13. The first-order valence-electron chi connectivity index (χ1n) is 12.0. The van der Waals surface area contributed by atoms with E-state index in [0.717, 1.165) is 33.2 Å². The fourth-order valence-corrected chi connectivity index (χ4v) is 4.19. The fraction of sp³-hybridized carbons (Fsp3) is 0.321. The average Bonchev–Trinajstić information content (AvgIpc) is 3.34. The fourth-order valence-electron chi connectivity index (χ4n) is 4.19. The summed E-state index contributed by atoms with van der Waals surface area (Å²) in [4.78, 5) is 0. The summed E-state index contributed by atoms with van der Waals surface area (Å²) in [7, 11) is -0.463. The van der Waals surface area contributed by atoms with Crippen LogP contribution in [0.5, 0.6) is 5.75 Å². The highest BCUT2D eigenvalue weighted by molar-refractivity contribution is 6.65. The third-order valence-electron chi connectivity index (χ3n) is 7.01. The van der Waals surface area contributed by atoms with E-state index >= 15 is 0 Å². The van der Waals surface area contributed by atoms with Gasteiger partial charge in [-0.1, -0.05) is 54.6 Å². The Kier molecular flexibility index (Phi) is 6.17. The number of nitrogens with zero attached hydrogens (tertiary/aromatic N) is 2. The van der Waals surface area contributed by atoms with Crippen molar-refractivity contribution in [2.75, 3.05) is 0 Å². The van der Waals surface area contributed by atoms with Gasteiger partial charge < -0.3 is 19.2 Å². The van der Waals surface area contributed by atoms with Gasteiger partial charge in [0.15, 0.2) is 0 Å². The number of ether oxygens (including phenoxy) is 1. The molecule has 0 unspecified atom stereocenters. The zero-order valence-corrected chi connectivity index (χ0v) is 20.6. The van der Waals surface area contributed by atoms with Crippen LogP contribution in [0.4, 0.5) is 0 Å². The monoisotopic (exact) mass is 470 g/mol. The number of aliphatic hydroxyl groups excluding tert-OH is 1. The molecule has 1 fully saturated rings. The van der Waals surface area contributed by atoms with Gasteiger partial charge in [-0.2, -0.15) is 5.10 Å². The van der Waals surface area contributed by atoms with Gasteiger partial charge in [-0.25, -0.2) is 0 Å². The highest BCUT2D eigenvalue weighted by atomic mass is 16.7. The summed E-state index contributed by atoms with van der Waals surface area (Å²) < 4.78 is 20.1. The van der Waals surface area contributed by atoms with Gasteiger partial charge in [-0.3, -0.25) is 4.68 Å². The minimum atomic E-state index is -0.701. The first kappa shape index (κ1) is 23.6. The Morgan fingerprint density at radius 2 is 1.60 bits per heavy atom. The standard InChI is InChI=1S/C28H31BN2O4/c1-27(2)28(3,4)35-29(34-27)24-11-8-12-25-23(24)17-31(30-25)18-26(32)21-13-15-22(16-14-21)33-19-20-9-6-5-7-10-20/h5-17,26,32H,18-19H2,1-4H3/t26-/m0/s1. The van der Waals surface area contributed by atoms with E-state index in [1.807, 2.05) is 107 Å². The molecule has 6 nitrogen and oxygen atoms in total. The molecule has 0 spiro atoms. The topological polar surface area (TPSA) is 65.7 Å². The molecule has 7 heteroatoms. The van der Waals surface area contributed by atoms with Crippen molar-refractivity contribution in [3.63, 3.8) is 0 Å². The van der Waals surface area contributed by atoms with E-state index in [9.17, 15) is 5.11 Å². The van der Waals surface area contributed by atoms with E-state index in [0.29, 0.717) is 13.2 Å². The van der Waals surface area contributed by atoms with Crippen LogP contribution in [0.1, 0.15) is 44.9 Å². The summed E-state index contributed by atoms with van der Waals surface area (Å²) in [5, 5.41) is 16.5. The van der Waals surface area contributed by atoms with Crippen molar-refractivity contribution in [2.24, 2.45) is 0 Å². The number of hydrogen-bond donors (Lipinski definition) is 1. The predicted molar refractivity (Wildman–Crippen MR) is 138 cm³/mol. The number of benzene rings is 3. The van der Waals surface area contributed by atoms with Crippen LogP contribution >= 0.6 is 0 Å². The minimum Gasteiger partial charge on any atom is -0.489 e. The Bertz CT molecular complexity index is 1290. The number of aliphatic hydroxyl groups is 1. The maximum Gasteiger partial charge on any atom is 0.495 e. The largest absolute Gasteiger partial charge is 0.495 e. The van der Waals surface area contributed by atoms with Crippen molar-refractivity contribution in [3.05, 3.63) is 90.1 Å². The number of fused-ring (bicyclic) bond motifs is 1. The molecule has 3 aromatic carbocycles. The van der Waals surface area contributed by atoms with E-state index in [2.05, 4.69) is 5.10 Å². The van der Waals surface area contributed by atoms with Crippen molar-refractivity contribution in [3.8, 4) is 5.75 Å². The molecule has 180 valence electrons. The molecule has 4 aromatic rings. The van der Waals surface area contributed by atoms with Gasteiger partial charge in [0, 0.05) is 11.6 Å². The molecule has 1 saturated heterocycles. The first-order chi connectivity index (χ1) is 16.7. The van der Waals surface area contributed by atoms with Gasteiger partial charge in [0.25, 0.3) is 0 Å². The van der Waals surface area contributed by atoms with E-state index in [1.54, 1.807) is 4.68 Å².